The SMILES string of the molecule is CCCCCCCCCCCCc1cc2c(s1)c1c3ccsc3c3c4sc(CCCCCCCCCCCC)cc4c4c5cc(CCCCCCCCCCCC)sc5c5c6ccsc6c6c7sc(CCCCCCCCCCCC)cc7c2c2c1c3c4c5c62. The van der Waals surface area contributed by atoms with Crippen molar-refractivity contribution in [2.75, 3.05) is 0 Å². The summed E-state index contributed by atoms with van der Waals surface area (Å²) >= 11 is 12.8. The predicted molar refractivity (Wildman–Crippen MR) is 420 cm³/mol. The van der Waals surface area contributed by atoms with Gasteiger partial charge in [-0.1, -0.05) is 259 Å². The first-order valence-corrected chi connectivity index (χ1v) is 42.8. The summed E-state index contributed by atoms with van der Waals surface area (Å²) in [5.41, 5.74) is 0. The lowest BCUT2D eigenvalue weighted by Crippen LogP contribution is -1.95. The molecule has 0 radical (unpaired) electrons. The van der Waals surface area contributed by atoms with Gasteiger partial charge in [0.1, 0.15) is 0 Å². The van der Waals surface area contributed by atoms with Gasteiger partial charge in [0.25, 0.3) is 0 Å². The van der Waals surface area contributed by atoms with Gasteiger partial charge in [-0.25, -0.2) is 0 Å². The second-order valence-corrected chi connectivity index (χ2v) is 34.8. The van der Waals surface area contributed by atoms with E-state index in [2.05, 4.69) is 120 Å². The summed E-state index contributed by atoms with van der Waals surface area (Å²) in [6.45, 7) is 9.35. The summed E-state index contributed by atoms with van der Waals surface area (Å²) in [6, 6.07) is 16.2. The Morgan fingerprint density at radius 2 is 0.411 bits per heavy atom. The number of thiophene rings is 6. The van der Waals surface area contributed by atoms with Crippen LogP contribution in [0.15, 0.2) is 47.2 Å². The first kappa shape index (κ1) is 65.3. The molecule has 6 heteroatoms. The predicted octanol–water partition coefficient (Wildman–Crippen LogP) is 32.1. The molecule has 13 aromatic rings. The van der Waals surface area contributed by atoms with Gasteiger partial charge in [0.15, 0.2) is 0 Å². The molecule has 13 rings (SSSR count). The third-order valence-electron chi connectivity index (χ3n) is 21.5. The minimum absolute atomic E-state index is 1.20. The zero-order chi connectivity index (χ0) is 61.2. The van der Waals surface area contributed by atoms with Gasteiger partial charge in [-0.2, -0.15) is 0 Å². The fourth-order valence-corrected chi connectivity index (χ4v) is 23.9. The lowest BCUT2D eigenvalue weighted by atomic mass is 9.79. The average molecular weight is 1310 g/mol. The summed E-state index contributed by atoms with van der Waals surface area (Å²) in [6.07, 6.45) is 60.2. The van der Waals surface area contributed by atoms with Crippen LogP contribution < -0.4 is 0 Å². The quantitative estimate of drug-likeness (QED) is 0.0203. The second-order valence-electron chi connectivity index (χ2n) is 28.4. The van der Waals surface area contributed by atoms with E-state index in [1.165, 1.54) is 303 Å². The average Bonchev–Trinajstić information content (AvgIpc) is 1.17. The molecule has 0 bridgehead atoms. The highest BCUT2D eigenvalue weighted by atomic mass is 32.1. The lowest BCUT2D eigenvalue weighted by molar-refractivity contribution is 0.557. The number of hydrogen-bond donors (Lipinski definition) is 0. The first-order chi connectivity index (χ1) is 44.6. The molecule has 6 heterocycles. The number of fused-ring (bicyclic) bond motifs is 18. The van der Waals surface area contributed by atoms with Crippen LogP contribution in [-0.4, -0.2) is 0 Å². The van der Waals surface area contributed by atoms with Crippen LogP contribution in [0.3, 0.4) is 0 Å². The van der Waals surface area contributed by atoms with Crippen LogP contribution in [0.4, 0.5) is 0 Å². The molecule has 0 atom stereocenters. The Hall–Kier alpha value is -3.36. The van der Waals surface area contributed by atoms with Crippen LogP contribution >= 0.6 is 68.0 Å². The molecule has 0 fully saturated rings. The molecule has 0 aliphatic carbocycles. The Kier molecular flexibility index (Phi) is 23.2. The van der Waals surface area contributed by atoms with Gasteiger partial charge < -0.3 is 0 Å². The number of hydrogen-bond acceptors (Lipinski definition) is 6. The highest BCUT2D eigenvalue weighted by Crippen LogP contribution is 2.63. The third kappa shape index (κ3) is 13.6. The van der Waals surface area contributed by atoms with Gasteiger partial charge in [-0.3, -0.25) is 0 Å². The van der Waals surface area contributed by atoms with Crippen LogP contribution in [0.5, 0.6) is 0 Å². The number of unbranched alkanes of at least 4 members (excludes halogenated alkanes) is 36. The van der Waals surface area contributed by atoms with Crippen molar-refractivity contribution >= 4 is 193 Å². The maximum absolute atomic E-state index is 2.76. The van der Waals surface area contributed by atoms with Crippen LogP contribution in [0, 0.1) is 0 Å². The molecular weight excluding hydrogens is 1200 g/mol. The molecule has 0 aliphatic rings. The Morgan fingerprint density at radius 3 is 0.667 bits per heavy atom. The maximum Gasteiger partial charge on any atom is 0.0445 e. The van der Waals surface area contributed by atoms with E-state index in [0.717, 1.165) is 0 Å². The molecule has 6 aromatic heterocycles. The summed E-state index contributed by atoms with van der Waals surface area (Å²) < 4.78 is 9.36. The van der Waals surface area contributed by atoms with Crippen molar-refractivity contribution in [1.29, 1.82) is 0 Å². The highest BCUT2D eigenvalue weighted by molar-refractivity contribution is 7.25. The molecule has 7 aromatic carbocycles. The molecule has 0 spiro atoms. The van der Waals surface area contributed by atoms with Crippen molar-refractivity contribution in [1.82, 2.24) is 0 Å². The highest BCUT2D eigenvalue weighted by Gasteiger charge is 2.33. The van der Waals surface area contributed by atoms with Gasteiger partial charge in [-0.15, -0.1) is 68.0 Å². The second kappa shape index (κ2) is 31.9. The van der Waals surface area contributed by atoms with Gasteiger partial charge in [-0.05, 0) is 98.5 Å². The summed E-state index contributed by atoms with van der Waals surface area (Å²) in [5.74, 6) is 0. The van der Waals surface area contributed by atoms with Crippen molar-refractivity contribution in [3.05, 3.63) is 66.7 Å². The third-order valence-corrected chi connectivity index (χ3v) is 28.3. The normalized spacial score (nSPS) is 12.8. The van der Waals surface area contributed by atoms with Gasteiger partial charge >= 0.3 is 0 Å². The van der Waals surface area contributed by atoms with E-state index in [1.807, 2.05) is 22.7 Å². The zero-order valence-electron chi connectivity index (χ0n) is 56.2. The molecule has 0 nitrogen and oxygen atoms in total. The maximum atomic E-state index is 2.76. The van der Waals surface area contributed by atoms with Crippen LogP contribution in [0.25, 0.3) is 125 Å². The molecule has 0 aliphatic heterocycles. The first-order valence-electron chi connectivity index (χ1n) is 37.8. The minimum atomic E-state index is 1.20. The topological polar surface area (TPSA) is 0 Å². The van der Waals surface area contributed by atoms with E-state index < -0.39 is 0 Å². The Bertz CT molecular complexity index is 3800. The fraction of sp³-hybridized carbons (Fsp3) is 0.571. The molecule has 0 amide bonds. The van der Waals surface area contributed by atoms with Crippen molar-refractivity contribution in [2.45, 2.75) is 310 Å². The Labute approximate surface area is 565 Å². The molecule has 0 saturated heterocycles. The molecule has 0 N–H and O–H groups in total. The van der Waals surface area contributed by atoms with Crippen molar-refractivity contribution in [2.24, 2.45) is 0 Å². The molecule has 90 heavy (non-hydrogen) atoms. The zero-order valence-corrected chi connectivity index (χ0v) is 61.1. The summed E-state index contributed by atoms with van der Waals surface area (Å²) in [5, 5.41) is 33.3. The van der Waals surface area contributed by atoms with E-state index >= 15 is 0 Å². The Balaban J connectivity index is 0.964. The van der Waals surface area contributed by atoms with Crippen LogP contribution in [0.2, 0.25) is 0 Å². The van der Waals surface area contributed by atoms with Crippen molar-refractivity contribution < 1.29 is 0 Å². The molecular formula is C84H108S6. The largest absolute Gasteiger partial charge is 0.143 e. The van der Waals surface area contributed by atoms with E-state index in [9.17, 15) is 0 Å². The van der Waals surface area contributed by atoms with Crippen molar-refractivity contribution in [3.8, 4) is 0 Å². The van der Waals surface area contributed by atoms with Gasteiger partial charge in [0, 0.05) is 145 Å². The molecule has 0 unspecified atom stereocenters. The van der Waals surface area contributed by atoms with E-state index in [1.54, 1.807) is 124 Å². The summed E-state index contributed by atoms with van der Waals surface area (Å²) in [7, 11) is 0. The lowest BCUT2D eigenvalue weighted by Gasteiger charge is -2.24. The van der Waals surface area contributed by atoms with E-state index in [0.29, 0.717) is 0 Å². The smallest absolute Gasteiger partial charge is 0.0445 e. The summed E-state index contributed by atoms with van der Waals surface area (Å²) in [4.78, 5) is 6.44. The van der Waals surface area contributed by atoms with Gasteiger partial charge in [0.2, 0.25) is 0 Å². The number of aryl methyl sites for hydroxylation is 4. The molecule has 0 saturated carbocycles. The number of rotatable bonds is 44. The van der Waals surface area contributed by atoms with Crippen LogP contribution in [0.1, 0.15) is 304 Å². The monoisotopic (exact) mass is 1310 g/mol. The van der Waals surface area contributed by atoms with E-state index in [-0.39, 0.29) is 0 Å². The Morgan fingerprint density at radius 1 is 0.200 bits per heavy atom. The van der Waals surface area contributed by atoms with Crippen molar-refractivity contribution in [3.63, 3.8) is 0 Å². The van der Waals surface area contributed by atoms with Gasteiger partial charge in [0.05, 0.1) is 0 Å². The van der Waals surface area contributed by atoms with E-state index in [4.69, 9.17) is 0 Å². The van der Waals surface area contributed by atoms with Crippen LogP contribution in [-0.2, 0) is 25.7 Å². The fourth-order valence-electron chi connectivity index (χ4n) is 16.8. The standard InChI is InChI=1S/C84H108S6/c1-5-9-13-17-21-25-29-33-37-41-45-57-53-63-67-65-55-59(47-43-39-35-31-27-23-19-15-11-7-3)89-83(65)77-75-71(67)73-69(81(63)87-57)61-49-51-85-79(61)78-76(73)72-68(66-56-60(90-84(66)78)48-44-40-36-32-28-24-20-16-12-8-4)64-54-58(46-42-38-34-30-26-22-18-14-10-6-2)88-82(64)70(74(72)75)62-50-52-86-80(62)77/h49-56H,5-48H2,1-4H3. The number of benzene rings is 7. The molecule has 480 valence electrons. The minimum Gasteiger partial charge on any atom is -0.143 e.